The molecule has 0 N–H and O–H groups in total. The Morgan fingerprint density at radius 3 is 2.00 bits per heavy atom. The van der Waals surface area contributed by atoms with E-state index in [0.29, 0.717) is 0 Å². The summed E-state index contributed by atoms with van der Waals surface area (Å²) < 4.78 is 0. The van der Waals surface area contributed by atoms with Gasteiger partial charge in [0.2, 0.25) is 0 Å². The molecule has 0 aliphatic heterocycles. The second kappa shape index (κ2) is 15.6. The van der Waals surface area contributed by atoms with Gasteiger partial charge in [0.25, 0.3) is 0 Å². The van der Waals surface area contributed by atoms with Crippen LogP contribution in [0.3, 0.4) is 0 Å². The first kappa shape index (κ1) is 24.8. The third kappa shape index (κ3) is 13.0. The number of rotatable bonds is 11. The van der Waals surface area contributed by atoms with Crippen molar-refractivity contribution in [3.8, 4) is 0 Å². The van der Waals surface area contributed by atoms with E-state index >= 15 is 0 Å². The molecule has 0 heterocycles. The van der Waals surface area contributed by atoms with Gasteiger partial charge >= 0.3 is 0 Å². The molecule has 2 heteroatoms. The molecule has 0 saturated carbocycles. The Morgan fingerprint density at radius 2 is 1.50 bits per heavy atom. The molecule has 0 amide bonds. The van der Waals surface area contributed by atoms with Crippen LogP contribution in [0, 0.1) is 5.92 Å². The number of thiocarbonyl (C=S) groups is 1. The topological polar surface area (TPSA) is 0 Å². The van der Waals surface area contributed by atoms with E-state index in [1.165, 1.54) is 42.6 Å². The molecule has 0 bridgehead atoms. The molecular weight excluding hydrogens is 376 g/mol. The Labute approximate surface area is 181 Å². The molecule has 28 heavy (non-hydrogen) atoms. The van der Waals surface area contributed by atoms with Crippen molar-refractivity contribution < 1.29 is 0 Å². The standard InChI is InChI=1S/C18H28S2.C8H10/c1-16(9-7-8-10-17(2)19)13-14-20(3)15-18-11-5-4-6-12-18;1-2-8-6-4-3-5-7-8/h4-6,11-12,16H,3,7-10,13-15H2,1-2H3;3-7H,2H2,1H3. The fraction of sp³-hybridized carbons (Fsp3) is 0.462. The molecule has 2 atom stereocenters. The van der Waals surface area contributed by atoms with Crippen LogP contribution in [0.5, 0.6) is 0 Å². The van der Waals surface area contributed by atoms with Gasteiger partial charge in [-0.05, 0) is 60.3 Å². The zero-order valence-corrected chi connectivity index (χ0v) is 19.7. The van der Waals surface area contributed by atoms with Crippen molar-refractivity contribution in [2.75, 3.05) is 5.75 Å². The minimum atomic E-state index is 0.273. The molecule has 0 radical (unpaired) electrons. The number of hydrogen-bond donors (Lipinski definition) is 0. The average molecular weight is 415 g/mol. The lowest BCUT2D eigenvalue weighted by molar-refractivity contribution is 0.491. The lowest BCUT2D eigenvalue weighted by Crippen LogP contribution is -1.99. The average Bonchev–Trinajstić information content (AvgIpc) is 2.71. The van der Waals surface area contributed by atoms with Crippen LogP contribution < -0.4 is 0 Å². The highest BCUT2D eigenvalue weighted by Crippen LogP contribution is 2.23. The summed E-state index contributed by atoms with van der Waals surface area (Å²) in [6, 6.07) is 21.2. The second-order valence-electron chi connectivity index (χ2n) is 7.63. The molecule has 2 unspecified atom stereocenters. The zero-order chi connectivity index (χ0) is 20.6. The van der Waals surface area contributed by atoms with E-state index in [-0.39, 0.29) is 10.5 Å². The predicted molar refractivity (Wildman–Crippen MR) is 136 cm³/mol. The van der Waals surface area contributed by atoms with Crippen LogP contribution in [0.4, 0.5) is 0 Å². The lowest BCUT2D eigenvalue weighted by atomic mass is 10.0. The van der Waals surface area contributed by atoms with Gasteiger partial charge in [-0.15, -0.1) is 0 Å². The van der Waals surface area contributed by atoms with Crippen LogP contribution in [0.25, 0.3) is 0 Å². The highest BCUT2D eigenvalue weighted by atomic mass is 32.2. The van der Waals surface area contributed by atoms with Crippen LogP contribution in [0.15, 0.2) is 60.7 Å². The summed E-state index contributed by atoms with van der Waals surface area (Å²) >= 11 is 5.12. The van der Waals surface area contributed by atoms with Gasteiger partial charge in [0.15, 0.2) is 0 Å². The minimum absolute atomic E-state index is 0.273. The fourth-order valence-electron chi connectivity index (χ4n) is 2.97. The Morgan fingerprint density at radius 1 is 0.929 bits per heavy atom. The largest absolute Gasteiger partial charge is 0.189 e. The first-order valence-corrected chi connectivity index (χ1v) is 12.7. The first-order valence-electron chi connectivity index (χ1n) is 10.6. The number of hydrogen-bond acceptors (Lipinski definition) is 1. The third-order valence-corrected chi connectivity index (χ3v) is 6.60. The van der Waals surface area contributed by atoms with E-state index in [9.17, 15) is 0 Å². The summed E-state index contributed by atoms with van der Waals surface area (Å²) in [5.74, 6) is 7.57. The quantitative estimate of drug-likeness (QED) is 0.264. The Balaban J connectivity index is 0.000000406. The normalized spacial score (nSPS) is 12.5. The number of aryl methyl sites for hydroxylation is 1. The van der Waals surface area contributed by atoms with E-state index in [2.05, 4.69) is 81.2 Å². The molecule has 0 fully saturated rings. The highest BCUT2D eigenvalue weighted by molar-refractivity contribution is 8.13. The van der Waals surface area contributed by atoms with Crippen molar-refractivity contribution >= 4 is 33.4 Å². The zero-order valence-electron chi connectivity index (χ0n) is 18.0. The molecule has 2 aromatic rings. The summed E-state index contributed by atoms with van der Waals surface area (Å²) in [6.45, 7) is 6.59. The molecule has 0 nitrogen and oxygen atoms in total. The fourth-order valence-corrected chi connectivity index (χ4v) is 4.66. The lowest BCUT2D eigenvalue weighted by Gasteiger charge is -2.13. The van der Waals surface area contributed by atoms with Crippen molar-refractivity contribution in [3.63, 3.8) is 0 Å². The smallest absolute Gasteiger partial charge is 0.0129 e. The van der Waals surface area contributed by atoms with Gasteiger partial charge in [0, 0.05) is 5.75 Å². The van der Waals surface area contributed by atoms with Gasteiger partial charge in [0.05, 0.1) is 0 Å². The van der Waals surface area contributed by atoms with E-state index < -0.39 is 0 Å². The molecule has 0 aromatic heterocycles. The van der Waals surface area contributed by atoms with Crippen LogP contribution >= 0.6 is 22.7 Å². The van der Waals surface area contributed by atoms with E-state index in [0.717, 1.165) is 29.4 Å². The molecule has 154 valence electrons. The Hall–Kier alpha value is -1.25. The van der Waals surface area contributed by atoms with Crippen LogP contribution in [0.1, 0.15) is 64.0 Å². The second-order valence-corrected chi connectivity index (χ2v) is 10.2. The number of unbranched alkanes of at least 4 members (excludes halogenated alkanes) is 1. The summed E-state index contributed by atoms with van der Waals surface area (Å²) in [7, 11) is 0.273. The molecule has 2 rings (SSSR count). The maximum atomic E-state index is 5.12. The molecule has 0 spiro atoms. The SMILES string of the molecule is C=S(CCC(C)CCCCC(C)=S)Cc1ccccc1.CCc1ccccc1. The Bertz CT molecular complexity index is 661. The summed E-state index contributed by atoms with van der Waals surface area (Å²) in [4.78, 5) is 1.15. The summed E-state index contributed by atoms with van der Waals surface area (Å²) in [5.41, 5.74) is 2.84. The summed E-state index contributed by atoms with van der Waals surface area (Å²) in [5, 5.41) is 0. The molecule has 2 aromatic carbocycles. The minimum Gasteiger partial charge on any atom is -0.189 e. The third-order valence-electron chi connectivity index (χ3n) is 4.84. The van der Waals surface area contributed by atoms with E-state index in [1.807, 2.05) is 6.07 Å². The molecule has 0 aliphatic carbocycles. The predicted octanol–water partition coefficient (Wildman–Crippen LogP) is 8.11. The Kier molecular flexibility index (Phi) is 13.9. The van der Waals surface area contributed by atoms with Crippen LogP contribution in [0.2, 0.25) is 0 Å². The van der Waals surface area contributed by atoms with Gasteiger partial charge in [0.1, 0.15) is 0 Å². The van der Waals surface area contributed by atoms with Crippen LogP contribution in [-0.2, 0) is 12.2 Å². The molecular formula is C26H38S2. The van der Waals surface area contributed by atoms with Gasteiger partial charge in [-0.1, -0.05) is 105 Å². The maximum Gasteiger partial charge on any atom is 0.0129 e. The monoisotopic (exact) mass is 414 g/mol. The first-order chi connectivity index (χ1) is 13.5. The van der Waals surface area contributed by atoms with Gasteiger partial charge < -0.3 is 0 Å². The van der Waals surface area contributed by atoms with Crippen LogP contribution in [-0.4, -0.2) is 16.5 Å². The van der Waals surface area contributed by atoms with Crippen molar-refractivity contribution in [1.29, 1.82) is 0 Å². The van der Waals surface area contributed by atoms with Crippen molar-refractivity contribution in [1.82, 2.24) is 0 Å². The van der Waals surface area contributed by atoms with E-state index in [4.69, 9.17) is 12.2 Å². The van der Waals surface area contributed by atoms with Gasteiger partial charge in [-0.2, -0.15) is 10.5 Å². The van der Waals surface area contributed by atoms with E-state index in [1.54, 1.807) is 0 Å². The number of benzene rings is 2. The van der Waals surface area contributed by atoms with Gasteiger partial charge in [-0.3, -0.25) is 0 Å². The summed E-state index contributed by atoms with van der Waals surface area (Å²) in [6.07, 6.45) is 7.50. The van der Waals surface area contributed by atoms with Gasteiger partial charge in [-0.25, -0.2) is 0 Å². The molecule has 0 aliphatic rings. The van der Waals surface area contributed by atoms with Crippen molar-refractivity contribution in [2.24, 2.45) is 5.92 Å². The van der Waals surface area contributed by atoms with Crippen molar-refractivity contribution in [3.05, 3.63) is 71.8 Å². The van der Waals surface area contributed by atoms with Crippen molar-refractivity contribution in [2.45, 2.75) is 65.0 Å². The highest BCUT2D eigenvalue weighted by Gasteiger charge is 2.04. The molecule has 0 saturated heterocycles. The maximum absolute atomic E-state index is 5.12.